The SMILES string of the molecule is Cc1ccn(C2(O)c3ccccc3-c3ccccc32)n1.Fc1c[c-]c(-c2ccccn2)c(F)c1.[Ir]. The normalized spacial score (nSPS) is 12.6. The van der Waals surface area contributed by atoms with Crippen molar-refractivity contribution in [2.45, 2.75) is 12.6 Å². The summed E-state index contributed by atoms with van der Waals surface area (Å²) in [5.74, 6) is -1.29. The van der Waals surface area contributed by atoms with Gasteiger partial charge in [-0.3, -0.25) is 8.78 Å². The van der Waals surface area contributed by atoms with Gasteiger partial charge in [-0.2, -0.15) is 5.10 Å². The maximum atomic E-state index is 13.2. The number of pyridine rings is 1. The molecule has 0 fully saturated rings. The van der Waals surface area contributed by atoms with Gasteiger partial charge >= 0.3 is 0 Å². The quantitative estimate of drug-likeness (QED) is 0.250. The number of fused-ring (bicyclic) bond motifs is 3. The molecule has 3 aromatic carbocycles. The molecule has 0 spiro atoms. The third-order valence-electron chi connectivity index (χ3n) is 5.73. The van der Waals surface area contributed by atoms with Crippen molar-refractivity contribution in [1.82, 2.24) is 14.8 Å². The Morgan fingerprint density at radius 3 is 2.06 bits per heavy atom. The van der Waals surface area contributed by atoms with Gasteiger partial charge in [-0.05, 0) is 35.9 Å². The van der Waals surface area contributed by atoms with Crippen molar-refractivity contribution < 1.29 is 34.0 Å². The topological polar surface area (TPSA) is 50.9 Å². The summed E-state index contributed by atoms with van der Waals surface area (Å²) in [6, 6.07) is 27.3. The smallest absolute Gasteiger partial charge is 0.211 e. The van der Waals surface area contributed by atoms with E-state index in [2.05, 4.69) is 16.1 Å². The van der Waals surface area contributed by atoms with E-state index in [1.54, 1.807) is 29.1 Å². The first kappa shape index (κ1) is 24.6. The van der Waals surface area contributed by atoms with Crippen molar-refractivity contribution in [2.75, 3.05) is 0 Å². The van der Waals surface area contributed by atoms with Gasteiger partial charge < -0.3 is 10.1 Å². The molecule has 4 nitrogen and oxygen atoms in total. The second-order valence-electron chi connectivity index (χ2n) is 7.92. The number of rotatable bonds is 2. The molecule has 0 bridgehead atoms. The molecule has 1 radical (unpaired) electrons. The van der Waals surface area contributed by atoms with Crippen LogP contribution in [0.15, 0.2) is 97.3 Å². The van der Waals surface area contributed by atoms with Gasteiger partial charge in [-0.1, -0.05) is 72.3 Å². The molecular formula is C28H20F2IrN3O-. The number of aryl methyl sites for hydroxylation is 1. The minimum absolute atomic E-state index is 0. The number of aromatic nitrogens is 3. The summed E-state index contributed by atoms with van der Waals surface area (Å²) in [6.45, 7) is 1.92. The first-order chi connectivity index (χ1) is 16.5. The Kier molecular flexibility index (Phi) is 7.03. The first-order valence-corrected chi connectivity index (χ1v) is 10.7. The fourth-order valence-electron chi connectivity index (χ4n) is 4.18. The van der Waals surface area contributed by atoms with Gasteiger partial charge in [-0.25, -0.2) is 4.68 Å². The van der Waals surface area contributed by atoms with Gasteiger partial charge in [0.1, 0.15) is 0 Å². The Balaban J connectivity index is 0.000000171. The summed E-state index contributed by atoms with van der Waals surface area (Å²) >= 11 is 0. The Labute approximate surface area is 215 Å². The van der Waals surface area contributed by atoms with Gasteiger partial charge in [0, 0.05) is 55.3 Å². The van der Waals surface area contributed by atoms with Crippen molar-refractivity contribution in [1.29, 1.82) is 0 Å². The van der Waals surface area contributed by atoms with Gasteiger partial charge in [0.25, 0.3) is 0 Å². The maximum Gasteiger partial charge on any atom is 0.211 e. The molecular weight excluding hydrogens is 625 g/mol. The average molecular weight is 645 g/mol. The standard InChI is InChI=1S/C17H14N2O.C11H6F2N.Ir/c1-12-10-11-19(18-12)17(20)15-8-4-2-6-13(15)14-7-3-5-9-16(14)17;12-8-4-5-9(10(13)7-8)11-3-1-2-6-14-11;/h2-11,20H,1H3;1-4,6-7H;/q;-1;. The van der Waals surface area contributed by atoms with E-state index in [1.807, 2.05) is 67.7 Å². The minimum Gasteiger partial charge on any atom is -0.362 e. The third-order valence-corrected chi connectivity index (χ3v) is 5.73. The Hall–Kier alpha value is -3.51. The van der Waals surface area contributed by atoms with E-state index in [9.17, 15) is 13.9 Å². The summed E-state index contributed by atoms with van der Waals surface area (Å²) in [4.78, 5) is 3.95. The van der Waals surface area contributed by atoms with Crippen LogP contribution in [-0.2, 0) is 25.8 Å². The van der Waals surface area contributed by atoms with Crippen LogP contribution in [-0.4, -0.2) is 19.9 Å². The number of hydrogen-bond donors (Lipinski definition) is 1. The fourth-order valence-corrected chi connectivity index (χ4v) is 4.18. The Morgan fingerprint density at radius 2 is 1.51 bits per heavy atom. The third kappa shape index (κ3) is 4.46. The second-order valence-corrected chi connectivity index (χ2v) is 7.92. The van der Waals surface area contributed by atoms with Crippen LogP contribution in [0, 0.1) is 24.6 Å². The average Bonchev–Trinajstić information content (AvgIpc) is 3.41. The first-order valence-electron chi connectivity index (χ1n) is 10.7. The Bertz CT molecular complexity index is 1420. The number of hydrogen-bond acceptors (Lipinski definition) is 3. The van der Waals surface area contributed by atoms with Crippen LogP contribution in [0.5, 0.6) is 0 Å². The van der Waals surface area contributed by atoms with E-state index in [-0.39, 0.29) is 25.7 Å². The summed E-state index contributed by atoms with van der Waals surface area (Å²) in [6.07, 6.45) is 3.38. The molecule has 1 N–H and O–H groups in total. The second kappa shape index (κ2) is 10.0. The molecule has 5 aromatic rings. The molecule has 0 saturated carbocycles. The van der Waals surface area contributed by atoms with Crippen molar-refractivity contribution in [3.05, 3.63) is 132 Å². The zero-order valence-corrected chi connectivity index (χ0v) is 21.0. The zero-order chi connectivity index (χ0) is 23.7. The number of halogens is 2. The number of benzene rings is 3. The van der Waals surface area contributed by atoms with Crippen LogP contribution >= 0.6 is 0 Å². The summed E-state index contributed by atoms with van der Waals surface area (Å²) < 4.78 is 27.4. The van der Waals surface area contributed by atoms with Crippen LogP contribution in [0.1, 0.15) is 16.8 Å². The van der Waals surface area contributed by atoms with Gasteiger partial charge in [-0.15, -0.1) is 12.1 Å². The van der Waals surface area contributed by atoms with Crippen molar-refractivity contribution in [2.24, 2.45) is 0 Å². The summed E-state index contributed by atoms with van der Waals surface area (Å²) in [5.41, 5.74) is 4.20. The Morgan fingerprint density at radius 1 is 0.886 bits per heavy atom. The van der Waals surface area contributed by atoms with Gasteiger partial charge in [0.15, 0.2) is 0 Å². The van der Waals surface area contributed by atoms with E-state index < -0.39 is 17.4 Å². The molecule has 177 valence electrons. The van der Waals surface area contributed by atoms with Gasteiger partial charge in [0.2, 0.25) is 5.72 Å². The molecule has 1 aliphatic rings. The molecule has 1 aliphatic carbocycles. The summed E-state index contributed by atoms with van der Waals surface area (Å²) in [7, 11) is 0. The predicted molar refractivity (Wildman–Crippen MR) is 126 cm³/mol. The largest absolute Gasteiger partial charge is 0.362 e. The molecule has 0 atom stereocenters. The van der Waals surface area contributed by atoms with E-state index in [1.165, 1.54) is 0 Å². The van der Waals surface area contributed by atoms with E-state index in [0.717, 1.165) is 40.1 Å². The molecule has 0 unspecified atom stereocenters. The molecule has 0 amide bonds. The maximum absolute atomic E-state index is 13.2. The number of aliphatic hydroxyl groups is 1. The van der Waals surface area contributed by atoms with E-state index in [4.69, 9.17) is 0 Å². The van der Waals surface area contributed by atoms with Crippen LogP contribution in [0.4, 0.5) is 8.78 Å². The van der Waals surface area contributed by atoms with Crippen LogP contribution in [0.3, 0.4) is 0 Å². The van der Waals surface area contributed by atoms with Crippen LogP contribution in [0.25, 0.3) is 22.4 Å². The van der Waals surface area contributed by atoms with Gasteiger partial charge in [0.05, 0.1) is 5.69 Å². The van der Waals surface area contributed by atoms with Crippen LogP contribution in [0.2, 0.25) is 0 Å². The van der Waals surface area contributed by atoms with E-state index >= 15 is 0 Å². The zero-order valence-electron chi connectivity index (χ0n) is 18.6. The summed E-state index contributed by atoms with van der Waals surface area (Å²) in [5, 5.41) is 15.8. The molecule has 0 aliphatic heterocycles. The predicted octanol–water partition coefficient (Wildman–Crippen LogP) is 5.74. The van der Waals surface area contributed by atoms with E-state index in [0.29, 0.717) is 5.69 Å². The monoisotopic (exact) mass is 645 g/mol. The van der Waals surface area contributed by atoms with Crippen molar-refractivity contribution in [3.63, 3.8) is 0 Å². The molecule has 35 heavy (non-hydrogen) atoms. The van der Waals surface area contributed by atoms with Crippen molar-refractivity contribution >= 4 is 0 Å². The fraction of sp³-hybridized carbons (Fsp3) is 0.0714. The molecule has 2 aromatic heterocycles. The molecule has 6 rings (SSSR count). The molecule has 7 heteroatoms. The minimum atomic E-state index is -1.22. The number of nitrogens with zero attached hydrogens (tertiary/aromatic N) is 3. The van der Waals surface area contributed by atoms with Crippen LogP contribution < -0.4 is 0 Å². The van der Waals surface area contributed by atoms with Crippen molar-refractivity contribution in [3.8, 4) is 22.4 Å². The molecule has 0 saturated heterocycles. The molecule has 2 heterocycles.